The monoisotopic (exact) mass is 417 g/mol. The molecule has 1 heterocycles. The molecule has 0 radical (unpaired) electrons. The first kappa shape index (κ1) is 19.8. The van der Waals surface area contributed by atoms with E-state index in [-0.39, 0.29) is 31.2 Å². The molecule has 29 heavy (non-hydrogen) atoms. The summed E-state index contributed by atoms with van der Waals surface area (Å²) in [5, 5.41) is 2.80. The first-order valence-corrected chi connectivity index (χ1v) is 11.3. The standard InChI is InChI=1S/C21H24FN3O3S/c22-19-6-1-2-7-20(19)23-15-21(26)24-10-12-25(13-11-24)29(27,28)18-9-8-16-4-3-5-17(16)14-18/h1-2,6-9,14,23H,3-5,10-13,15H2. The van der Waals surface area contributed by atoms with Crippen LogP contribution < -0.4 is 5.32 Å². The molecule has 8 heteroatoms. The van der Waals surface area contributed by atoms with Crippen molar-refractivity contribution in [3.8, 4) is 0 Å². The fourth-order valence-corrected chi connectivity index (χ4v) is 5.40. The molecule has 0 saturated carbocycles. The Bertz CT molecular complexity index is 1020. The van der Waals surface area contributed by atoms with E-state index in [2.05, 4.69) is 5.32 Å². The highest BCUT2D eigenvalue weighted by Gasteiger charge is 2.30. The van der Waals surface area contributed by atoms with Gasteiger partial charge in [-0.05, 0) is 54.7 Å². The third-order valence-electron chi connectivity index (χ3n) is 5.60. The number of nitrogens with one attached hydrogen (secondary N) is 1. The predicted molar refractivity (Wildman–Crippen MR) is 109 cm³/mol. The molecule has 1 aliphatic carbocycles. The van der Waals surface area contributed by atoms with Crippen LogP contribution in [0.15, 0.2) is 47.4 Å². The van der Waals surface area contributed by atoms with Crippen LogP contribution in [0.25, 0.3) is 0 Å². The van der Waals surface area contributed by atoms with E-state index < -0.39 is 15.8 Å². The molecule has 1 amide bonds. The Labute approximate surface area is 170 Å². The third kappa shape index (κ3) is 4.13. The minimum absolute atomic E-state index is 0.0293. The van der Waals surface area contributed by atoms with Crippen LogP contribution in [0.5, 0.6) is 0 Å². The van der Waals surface area contributed by atoms with E-state index >= 15 is 0 Å². The number of amides is 1. The molecule has 0 unspecified atom stereocenters. The van der Waals surface area contributed by atoms with E-state index in [1.165, 1.54) is 15.9 Å². The van der Waals surface area contributed by atoms with Crippen LogP contribution in [0, 0.1) is 5.82 Å². The molecule has 0 spiro atoms. The van der Waals surface area contributed by atoms with Gasteiger partial charge in [0.05, 0.1) is 17.1 Å². The SMILES string of the molecule is O=C(CNc1ccccc1F)N1CCN(S(=O)(=O)c2ccc3c(c2)CCC3)CC1. The second-order valence-corrected chi connectivity index (χ2v) is 9.34. The summed E-state index contributed by atoms with van der Waals surface area (Å²) in [4.78, 5) is 14.4. The van der Waals surface area contributed by atoms with Crippen LogP contribution >= 0.6 is 0 Å². The summed E-state index contributed by atoms with van der Waals surface area (Å²) in [6, 6.07) is 11.6. The fraction of sp³-hybridized carbons (Fsp3) is 0.381. The van der Waals surface area contributed by atoms with Crippen LogP contribution in [-0.2, 0) is 27.7 Å². The van der Waals surface area contributed by atoms with Gasteiger partial charge < -0.3 is 10.2 Å². The number of hydrogen-bond acceptors (Lipinski definition) is 4. The summed E-state index contributed by atoms with van der Waals surface area (Å²) < 4.78 is 41.1. The van der Waals surface area contributed by atoms with Crippen LogP contribution in [0.1, 0.15) is 17.5 Å². The van der Waals surface area contributed by atoms with E-state index in [1.807, 2.05) is 6.07 Å². The van der Waals surface area contributed by atoms with Gasteiger partial charge in [-0.25, -0.2) is 12.8 Å². The number of nitrogens with zero attached hydrogens (tertiary/aromatic N) is 2. The van der Waals surface area contributed by atoms with Gasteiger partial charge in [0.25, 0.3) is 0 Å². The van der Waals surface area contributed by atoms with Crippen LogP contribution in [0.3, 0.4) is 0 Å². The van der Waals surface area contributed by atoms with Crippen LogP contribution in [0.4, 0.5) is 10.1 Å². The molecule has 154 valence electrons. The van der Waals surface area contributed by atoms with Gasteiger partial charge >= 0.3 is 0 Å². The van der Waals surface area contributed by atoms with Crippen molar-refractivity contribution in [2.75, 3.05) is 38.0 Å². The summed E-state index contributed by atoms with van der Waals surface area (Å²) in [7, 11) is -3.56. The lowest BCUT2D eigenvalue weighted by molar-refractivity contribution is -0.130. The molecule has 0 aromatic heterocycles. The molecule has 4 rings (SSSR count). The Morgan fingerprint density at radius 3 is 2.48 bits per heavy atom. The molecule has 1 aliphatic heterocycles. The van der Waals surface area contributed by atoms with Crippen molar-refractivity contribution in [1.82, 2.24) is 9.21 Å². The second-order valence-electron chi connectivity index (χ2n) is 7.40. The number of halogens is 1. The van der Waals surface area contributed by atoms with Gasteiger partial charge in [0, 0.05) is 26.2 Å². The Morgan fingerprint density at radius 1 is 1.00 bits per heavy atom. The largest absolute Gasteiger partial charge is 0.374 e. The zero-order valence-corrected chi connectivity index (χ0v) is 16.9. The molecule has 6 nitrogen and oxygen atoms in total. The first-order chi connectivity index (χ1) is 13.9. The minimum Gasteiger partial charge on any atom is -0.374 e. The topological polar surface area (TPSA) is 69.7 Å². The number of para-hydroxylation sites is 1. The van der Waals surface area contributed by atoms with Crippen LogP contribution in [0.2, 0.25) is 0 Å². The highest BCUT2D eigenvalue weighted by molar-refractivity contribution is 7.89. The van der Waals surface area contributed by atoms with Crippen molar-refractivity contribution < 1.29 is 17.6 Å². The highest BCUT2D eigenvalue weighted by atomic mass is 32.2. The van der Waals surface area contributed by atoms with E-state index in [4.69, 9.17) is 0 Å². The van der Waals surface area contributed by atoms with Crippen molar-refractivity contribution in [3.63, 3.8) is 0 Å². The lowest BCUT2D eigenvalue weighted by Gasteiger charge is -2.34. The number of carbonyl (C=O) groups is 1. The van der Waals surface area contributed by atoms with Gasteiger partial charge in [0.15, 0.2) is 0 Å². The number of carbonyl (C=O) groups excluding carboxylic acids is 1. The number of hydrogen-bond donors (Lipinski definition) is 1. The number of rotatable bonds is 5. The van der Waals surface area contributed by atoms with Gasteiger partial charge in [-0.2, -0.15) is 4.31 Å². The molecular formula is C21H24FN3O3S. The van der Waals surface area contributed by atoms with Crippen LogP contribution in [-0.4, -0.2) is 56.3 Å². The van der Waals surface area contributed by atoms with Gasteiger partial charge in [-0.1, -0.05) is 18.2 Å². The maximum absolute atomic E-state index is 13.6. The molecule has 1 saturated heterocycles. The number of sulfonamides is 1. The van der Waals surface area contributed by atoms with Gasteiger partial charge in [0.1, 0.15) is 5.82 Å². The van der Waals surface area contributed by atoms with Gasteiger partial charge in [-0.15, -0.1) is 0 Å². The average Bonchev–Trinajstić information content (AvgIpc) is 3.21. The van der Waals surface area contributed by atoms with Crippen molar-refractivity contribution in [2.24, 2.45) is 0 Å². The first-order valence-electron chi connectivity index (χ1n) is 9.83. The van der Waals surface area contributed by atoms with E-state index in [9.17, 15) is 17.6 Å². The summed E-state index contributed by atoms with van der Waals surface area (Å²) >= 11 is 0. The van der Waals surface area contributed by atoms with E-state index in [0.29, 0.717) is 18.0 Å². The number of anilines is 1. The Morgan fingerprint density at radius 2 is 1.72 bits per heavy atom. The Kier molecular flexibility index (Phi) is 5.56. The quantitative estimate of drug-likeness (QED) is 0.810. The third-order valence-corrected chi connectivity index (χ3v) is 7.50. The van der Waals surface area contributed by atoms with Crippen molar-refractivity contribution in [3.05, 3.63) is 59.4 Å². The average molecular weight is 418 g/mol. The number of aryl methyl sites for hydroxylation is 2. The molecular weight excluding hydrogens is 393 g/mol. The number of benzene rings is 2. The minimum atomic E-state index is -3.56. The Hall–Kier alpha value is -2.45. The summed E-state index contributed by atoms with van der Waals surface area (Å²) in [5.74, 6) is -0.589. The summed E-state index contributed by atoms with van der Waals surface area (Å²) in [5.41, 5.74) is 2.64. The molecule has 2 aromatic rings. The predicted octanol–water partition coefficient (Wildman–Crippen LogP) is 2.26. The molecule has 0 atom stereocenters. The normalized spacial score (nSPS) is 17.2. The lowest BCUT2D eigenvalue weighted by Crippen LogP contribution is -2.51. The summed E-state index contributed by atoms with van der Waals surface area (Å²) in [6.07, 6.45) is 3.01. The second kappa shape index (κ2) is 8.12. The lowest BCUT2D eigenvalue weighted by atomic mass is 10.1. The maximum atomic E-state index is 13.6. The van der Waals surface area contributed by atoms with Crippen molar-refractivity contribution >= 4 is 21.6 Å². The maximum Gasteiger partial charge on any atom is 0.243 e. The summed E-state index contributed by atoms with van der Waals surface area (Å²) in [6.45, 7) is 1.12. The zero-order chi connectivity index (χ0) is 20.4. The highest BCUT2D eigenvalue weighted by Crippen LogP contribution is 2.26. The smallest absolute Gasteiger partial charge is 0.243 e. The molecule has 2 aromatic carbocycles. The number of fused-ring (bicyclic) bond motifs is 1. The Balaban J connectivity index is 1.35. The molecule has 0 bridgehead atoms. The zero-order valence-electron chi connectivity index (χ0n) is 16.1. The number of piperazine rings is 1. The van der Waals surface area contributed by atoms with Gasteiger partial charge in [-0.3, -0.25) is 4.79 Å². The van der Waals surface area contributed by atoms with Crippen molar-refractivity contribution in [2.45, 2.75) is 24.2 Å². The molecule has 1 N–H and O–H groups in total. The molecule has 1 fully saturated rings. The van der Waals surface area contributed by atoms with E-state index in [1.54, 1.807) is 35.2 Å². The fourth-order valence-electron chi connectivity index (χ4n) is 3.92. The van der Waals surface area contributed by atoms with Crippen molar-refractivity contribution in [1.29, 1.82) is 0 Å². The van der Waals surface area contributed by atoms with E-state index in [0.717, 1.165) is 24.8 Å². The van der Waals surface area contributed by atoms with Gasteiger partial charge in [0.2, 0.25) is 15.9 Å². The molecule has 2 aliphatic rings.